The maximum atomic E-state index is 5.94. The van der Waals surface area contributed by atoms with Crippen LogP contribution >= 0.6 is 0 Å². The van der Waals surface area contributed by atoms with Gasteiger partial charge in [-0.15, -0.1) is 0 Å². The highest BCUT2D eigenvalue weighted by molar-refractivity contribution is 5.46. The minimum absolute atomic E-state index is 0. The molecule has 0 saturated carbocycles. The van der Waals surface area contributed by atoms with Gasteiger partial charge in [-0.1, -0.05) is 18.2 Å². The maximum Gasteiger partial charge on any atom is 0.188 e. The molecule has 23 heavy (non-hydrogen) atoms. The molecular weight excluding hydrogens is 403 g/mol. The number of aromatic nitrogens is 1. The summed E-state index contributed by atoms with van der Waals surface area (Å²) in [5.41, 5.74) is 3.49. The van der Waals surface area contributed by atoms with Crippen LogP contribution in [0.2, 0.25) is 0 Å². The highest BCUT2D eigenvalue weighted by Gasteiger charge is 2.29. The third-order valence-corrected chi connectivity index (χ3v) is 4.09. The van der Waals surface area contributed by atoms with Crippen molar-refractivity contribution < 1.29 is 38.0 Å². The second-order valence-corrected chi connectivity index (χ2v) is 5.92. The van der Waals surface area contributed by atoms with Gasteiger partial charge >= 0.3 is 0 Å². The molecule has 1 aromatic heterocycles. The fraction of sp³-hybridized carbons (Fsp3) is 0.389. The van der Waals surface area contributed by atoms with Crippen molar-refractivity contribution >= 4 is 5.69 Å². The van der Waals surface area contributed by atoms with E-state index in [1.165, 1.54) is 11.4 Å². The highest BCUT2D eigenvalue weighted by Crippen LogP contribution is 2.29. The first kappa shape index (κ1) is 18.2. The number of rotatable bonds is 3. The van der Waals surface area contributed by atoms with Crippen molar-refractivity contribution in [1.29, 1.82) is 0 Å². The van der Waals surface area contributed by atoms with Crippen molar-refractivity contribution in [2.24, 2.45) is 7.05 Å². The standard InChI is InChI=1S/C18H23N2O2.HI/c1-19(2)16-9-7-14(8-10-16)18-21-12-15(13-22-18)17-6-4-5-11-20(17)3;/h4-11,15,18H,12-13H2,1-3H3;1H/q+1;/p-1. The Morgan fingerprint density at radius 3 is 2.22 bits per heavy atom. The van der Waals surface area contributed by atoms with Gasteiger partial charge in [0.15, 0.2) is 18.2 Å². The zero-order valence-corrected chi connectivity index (χ0v) is 15.9. The predicted octanol–water partition coefficient (Wildman–Crippen LogP) is -0.590. The van der Waals surface area contributed by atoms with Gasteiger partial charge in [0, 0.05) is 37.5 Å². The van der Waals surface area contributed by atoms with Gasteiger partial charge in [-0.2, -0.15) is 0 Å². The number of benzene rings is 1. The first-order chi connectivity index (χ1) is 10.6. The van der Waals surface area contributed by atoms with Gasteiger partial charge in [0.05, 0.1) is 19.1 Å². The largest absolute Gasteiger partial charge is 1.00 e. The predicted molar refractivity (Wildman–Crippen MR) is 85.8 cm³/mol. The third-order valence-electron chi connectivity index (χ3n) is 4.09. The molecule has 1 fully saturated rings. The van der Waals surface area contributed by atoms with E-state index in [0.29, 0.717) is 13.2 Å². The van der Waals surface area contributed by atoms with Crippen LogP contribution in [-0.4, -0.2) is 27.3 Å². The molecule has 1 aromatic carbocycles. The molecule has 0 bridgehead atoms. The fourth-order valence-electron chi connectivity index (χ4n) is 2.76. The van der Waals surface area contributed by atoms with Gasteiger partial charge in [-0.3, -0.25) is 0 Å². The van der Waals surface area contributed by atoms with E-state index in [9.17, 15) is 0 Å². The number of pyridine rings is 1. The lowest BCUT2D eigenvalue weighted by molar-refractivity contribution is -0.681. The van der Waals surface area contributed by atoms with Crippen molar-refractivity contribution in [3.63, 3.8) is 0 Å². The summed E-state index contributed by atoms with van der Waals surface area (Å²) in [6.07, 6.45) is 1.79. The highest BCUT2D eigenvalue weighted by atomic mass is 127. The van der Waals surface area contributed by atoms with E-state index in [1.807, 2.05) is 20.2 Å². The first-order valence-electron chi connectivity index (χ1n) is 7.60. The van der Waals surface area contributed by atoms with E-state index < -0.39 is 0 Å². The van der Waals surface area contributed by atoms with Crippen LogP contribution in [0, 0.1) is 0 Å². The lowest BCUT2D eigenvalue weighted by Gasteiger charge is -2.28. The Bertz CT molecular complexity index is 623. The molecule has 0 radical (unpaired) electrons. The molecule has 1 saturated heterocycles. The minimum Gasteiger partial charge on any atom is -1.00 e. The molecule has 3 rings (SSSR count). The number of aryl methyl sites for hydroxylation is 1. The monoisotopic (exact) mass is 426 g/mol. The number of nitrogens with zero attached hydrogens (tertiary/aromatic N) is 2. The lowest BCUT2D eigenvalue weighted by Crippen LogP contribution is -3.00. The average Bonchev–Trinajstić information content (AvgIpc) is 2.56. The Balaban J connectivity index is 0.00000192. The van der Waals surface area contributed by atoms with Crippen LogP contribution in [-0.2, 0) is 16.5 Å². The van der Waals surface area contributed by atoms with Crippen LogP contribution in [0.15, 0.2) is 48.7 Å². The molecule has 2 heterocycles. The number of hydrogen-bond acceptors (Lipinski definition) is 3. The average molecular weight is 426 g/mol. The smallest absolute Gasteiger partial charge is 0.188 e. The molecule has 0 amide bonds. The molecule has 4 nitrogen and oxygen atoms in total. The van der Waals surface area contributed by atoms with Crippen LogP contribution < -0.4 is 33.4 Å². The van der Waals surface area contributed by atoms with Crippen LogP contribution in [0.4, 0.5) is 5.69 Å². The van der Waals surface area contributed by atoms with Gasteiger partial charge in [0.2, 0.25) is 0 Å². The third kappa shape index (κ3) is 4.22. The minimum atomic E-state index is -0.263. The molecule has 0 spiro atoms. The second-order valence-electron chi connectivity index (χ2n) is 5.92. The second kappa shape index (κ2) is 8.08. The maximum absolute atomic E-state index is 5.94. The summed E-state index contributed by atoms with van der Waals surface area (Å²) in [5.74, 6) is 0.281. The molecule has 0 N–H and O–H groups in total. The molecule has 1 aliphatic rings. The zero-order valence-electron chi connectivity index (χ0n) is 13.8. The topological polar surface area (TPSA) is 25.6 Å². The lowest BCUT2D eigenvalue weighted by atomic mass is 10.1. The van der Waals surface area contributed by atoms with E-state index in [-0.39, 0.29) is 36.2 Å². The summed E-state index contributed by atoms with van der Waals surface area (Å²) in [4.78, 5) is 2.08. The molecule has 0 atom stereocenters. The SMILES string of the molecule is CN(C)c1ccc(C2OCC(c3cccc[n+]3C)CO2)cc1.[I-]. The van der Waals surface area contributed by atoms with Crippen LogP contribution in [0.5, 0.6) is 0 Å². The molecule has 0 unspecified atom stereocenters. The summed E-state index contributed by atoms with van der Waals surface area (Å²) in [6, 6.07) is 14.5. The summed E-state index contributed by atoms with van der Waals surface area (Å²) >= 11 is 0. The van der Waals surface area contributed by atoms with E-state index in [2.05, 4.69) is 59.1 Å². The summed E-state index contributed by atoms with van der Waals surface area (Å²) in [5, 5.41) is 0. The summed E-state index contributed by atoms with van der Waals surface area (Å²) < 4.78 is 14.0. The summed E-state index contributed by atoms with van der Waals surface area (Å²) in [6.45, 7) is 1.36. The Labute approximate surface area is 155 Å². The molecule has 5 heteroatoms. The normalized spacial score (nSPS) is 20.7. The Morgan fingerprint density at radius 2 is 1.65 bits per heavy atom. The van der Waals surface area contributed by atoms with E-state index >= 15 is 0 Å². The van der Waals surface area contributed by atoms with E-state index in [4.69, 9.17) is 9.47 Å². The van der Waals surface area contributed by atoms with Gasteiger partial charge in [0.1, 0.15) is 7.05 Å². The summed E-state index contributed by atoms with van der Waals surface area (Å²) in [7, 11) is 6.13. The van der Waals surface area contributed by atoms with Gasteiger partial charge in [0.25, 0.3) is 0 Å². The van der Waals surface area contributed by atoms with Crippen molar-refractivity contribution in [2.45, 2.75) is 12.2 Å². The Kier molecular flexibility index (Phi) is 6.38. The van der Waals surface area contributed by atoms with Gasteiger partial charge < -0.3 is 38.4 Å². The molecular formula is C18H23IN2O2. The van der Waals surface area contributed by atoms with E-state index in [0.717, 1.165) is 5.56 Å². The van der Waals surface area contributed by atoms with Crippen molar-refractivity contribution in [3.05, 3.63) is 59.9 Å². The molecule has 2 aromatic rings. The van der Waals surface area contributed by atoms with Crippen molar-refractivity contribution in [3.8, 4) is 0 Å². The van der Waals surface area contributed by atoms with Crippen LogP contribution in [0.25, 0.3) is 0 Å². The van der Waals surface area contributed by atoms with E-state index in [1.54, 1.807) is 0 Å². The molecule has 1 aliphatic heterocycles. The zero-order chi connectivity index (χ0) is 15.5. The first-order valence-corrected chi connectivity index (χ1v) is 7.60. The van der Waals surface area contributed by atoms with Crippen molar-refractivity contribution in [2.75, 3.05) is 32.2 Å². The van der Waals surface area contributed by atoms with Gasteiger partial charge in [-0.05, 0) is 12.1 Å². The van der Waals surface area contributed by atoms with Crippen LogP contribution in [0.1, 0.15) is 23.5 Å². The Morgan fingerprint density at radius 1 is 1.00 bits per heavy atom. The quantitative estimate of drug-likeness (QED) is 0.485. The number of halogens is 1. The Hall–Kier alpha value is -1.18. The van der Waals surface area contributed by atoms with Crippen molar-refractivity contribution in [1.82, 2.24) is 0 Å². The molecule has 0 aliphatic carbocycles. The number of hydrogen-bond donors (Lipinski definition) is 0. The number of ether oxygens (including phenoxy) is 2. The fourth-order valence-corrected chi connectivity index (χ4v) is 2.76. The molecule has 124 valence electrons. The van der Waals surface area contributed by atoms with Gasteiger partial charge in [-0.25, -0.2) is 4.57 Å². The van der Waals surface area contributed by atoms with Crippen LogP contribution in [0.3, 0.4) is 0 Å². The number of anilines is 1.